The number of aliphatic hydroxyl groups excluding tert-OH is 1. The van der Waals surface area contributed by atoms with Crippen molar-refractivity contribution in [2.75, 3.05) is 12.4 Å². The van der Waals surface area contributed by atoms with Gasteiger partial charge in [0.25, 0.3) is 0 Å². The molecule has 0 saturated heterocycles. The minimum absolute atomic E-state index is 0.0171. The second-order valence-electron chi connectivity index (χ2n) is 4.07. The maximum Gasteiger partial charge on any atom is 0.124 e. The van der Waals surface area contributed by atoms with E-state index in [1.165, 1.54) is 10.4 Å². The van der Waals surface area contributed by atoms with Crippen molar-refractivity contribution in [1.82, 2.24) is 0 Å². The molecule has 2 aromatic rings. The number of benzene rings is 1. The number of aliphatic hydroxyl groups is 1. The van der Waals surface area contributed by atoms with Gasteiger partial charge in [0.1, 0.15) is 5.75 Å². The number of nitrogens with one attached hydrogen (secondary N) is 1. The minimum Gasteiger partial charge on any atom is -0.496 e. The average molecular weight is 263 g/mol. The summed E-state index contributed by atoms with van der Waals surface area (Å²) in [5.41, 5.74) is 3.10. The molecule has 96 valence electrons. The highest BCUT2D eigenvalue weighted by atomic mass is 32.1. The van der Waals surface area contributed by atoms with Crippen molar-refractivity contribution in [3.05, 3.63) is 45.6 Å². The Bertz CT molecular complexity index is 522. The first-order valence-corrected chi connectivity index (χ1v) is 6.67. The van der Waals surface area contributed by atoms with Gasteiger partial charge in [-0.25, -0.2) is 0 Å². The normalized spacial score (nSPS) is 10.4. The van der Waals surface area contributed by atoms with E-state index in [0.717, 1.165) is 23.5 Å². The fourth-order valence-corrected chi connectivity index (χ4v) is 2.63. The molecule has 0 aliphatic heterocycles. The van der Waals surface area contributed by atoms with Gasteiger partial charge < -0.3 is 15.2 Å². The molecule has 0 radical (unpaired) electrons. The third-order valence-electron chi connectivity index (χ3n) is 2.87. The molecule has 3 nitrogen and oxygen atoms in total. The molecule has 0 bridgehead atoms. The van der Waals surface area contributed by atoms with Crippen LogP contribution < -0.4 is 10.1 Å². The van der Waals surface area contributed by atoms with E-state index in [1.54, 1.807) is 18.4 Å². The first-order valence-electron chi connectivity index (χ1n) is 5.79. The van der Waals surface area contributed by atoms with Crippen LogP contribution in [0.3, 0.4) is 0 Å². The Morgan fingerprint density at radius 1 is 1.33 bits per heavy atom. The summed E-state index contributed by atoms with van der Waals surface area (Å²) in [5, 5.41) is 14.7. The summed E-state index contributed by atoms with van der Waals surface area (Å²) in [5.74, 6) is 0.718. The topological polar surface area (TPSA) is 41.5 Å². The monoisotopic (exact) mass is 263 g/mol. The van der Waals surface area contributed by atoms with E-state index in [1.807, 2.05) is 18.2 Å². The minimum atomic E-state index is -0.0171. The number of hydrogen-bond donors (Lipinski definition) is 2. The van der Waals surface area contributed by atoms with E-state index < -0.39 is 0 Å². The highest BCUT2D eigenvalue weighted by Crippen LogP contribution is 2.24. The summed E-state index contributed by atoms with van der Waals surface area (Å²) in [6.45, 7) is 2.90. The second kappa shape index (κ2) is 5.89. The van der Waals surface area contributed by atoms with E-state index in [2.05, 4.69) is 23.7 Å². The molecule has 1 aromatic heterocycles. The number of rotatable bonds is 5. The fourth-order valence-electron chi connectivity index (χ4n) is 1.78. The zero-order chi connectivity index (χ0) is 13.0. The lowest BCUT2D eigenvalue weighted by Crippen LogP contribution is -2.00. The fraction of sp³-hybridized carbons (Fsp3) is 0.286. The SMILES string of the molecule is COc1ccc(NCc2sccc2C)cc1CO. The van der Waals surface area contributed by atoms with Gasteiger partial charge in [-0.15, -0.1) is 11.3 Å². The van der Waals surface area contributed by atoms with E-state index in [-0.39, 0.29) is 6.61 Å². The molecule has 0 aliphatic carbocycles. The summed E-state index contributed by atoms with van der Waals surface area (Å²) >= 11 is 1.75. The molecule has 1 aromatic carbocycles. The van der Waals surface area contributed by atoms with Crippen molar-refractivity contribution >= 4 is 17.0 Å². The van der Waals surface area contributed by atoms with E-state index in [9.17, 15) is 5.11 Å². The van der Waals surface area contributed by atoms with Crippen LogP contribution in [-0.2, 0) is 13.2 Å². The van der Waals surface area contributed by atoms with Gasteiger partial charge >= 0.3 is 0 Å². The van der Waals surface area contributed by atoms with Crippen LogP contribution in [0.1, 0.15) is 16.0 Å². The van der Waals surface area contributed by atoms with Crippen LogP contribution >= 0.6 is 11.3 Å². The van der Waals surface area contributed by atoms with Crippen LogP contribution in [0.5, 0.6) is 5.75 Å². The van der Waals surface area contributed by atoms with Crippen molar-refractivity contribution in [3.63, 3.8) is 0 Å². The van der Waals surface area contributed by atoms with Crippen LogP contribution in [0.15, 0.2) is 29.6 Å². The molecule has 4 heteroatoms. The summed E-state index contributed by atoms with van der Waals surface area (Å²) < 4.78 is 5.17. The Morgan fingerprint density at radius 2 is 2.17 bits per heavy atom. The number of anilines is 1. The lowest BCUT2D eigenvalue weighted by Gasteiger charge is -2.10. The van der Waals surface area contributed by atoms with Gasteiger partial charge in [0.05, 0.1) is 13.7 Å². The largest absolute Gasteiger partial charge is 0.496 e. The van der Waals surface area contributed by atoms with Crippen LogP contribution in [0.2, 0.25) is 0 Å². The molecule has 0 unspecified atom stereocenters. The average Bonchev–Trinajstić information content (AvgIpc) is 2.81. The predicted molar refractivity (Wildman–Crippen MR) is 75.3 cm³/mol. The van der Waals surface area contributed by atoms with Gasteiger partial charge in [-0.2, -0.15) is 0 Å². The van der Waals surface area contributed by atoms with Gasteiger partial charge in [-0.3, -0.25) is 0 Å². The lowest BCUT2D eigenvalue weighted by atomic mass is 10.2. The molecular formula is C14H17NO2S. The summed E-state index contributed by atoms with van der Waals surface area (Å²) in [7, 11) is 1.61. The number of hydrogen-bond acceptors (Lipinski definition) is 4. The van der Waals surface area contributed by atoms with E-state index >= 15 is 0 Å². The Balaban J connectivity index is 2.08. The third kappa shape index (κ3) is 2.83. The summed E-state index contributed by atoms with van der Waals surface area (Å²) in [4.78, 5) is 1.33. The first kappa shape index (κ1) is 12.9. The van der Waals surface area contributed by atoms with Crippen molar-refractivity contribution in [2.24, 2.45) is 0 Å². The molecule has 1 heterocycles. The first-order chi connectivity index (χ1) is 8.74. The van der Waals surface area contributed by atoms with Crippen LogP contribution in [0, 0.1) is 6.92 Å². The van der Waals surface area contributed by atoms with Gasteiger partial charge in [-0.1, -0.05) is 0 Å². The Hall–Kier alpha value is -1.52. The van der Waals surface area contributed by atoms with Gasteiger partial charge in [0.2, 0.25) is 0 Å². The van der Waals surface area contributed by atoms with Crippen LogP contribution in [0.25, 0.3) is 0 Å². The standard InChI is InChI=1S/C14H17NO2S/c1-10-5-6-18-14(10)8-15-12-3-4-13(17-2)11(7-12)9-16/h3-7,15-16H,8-9H2,1-2H3. The van der Waals surface area contributed by atoms with Gasteiger partial charge in [-0.05, 0) is 42.1 Å². The number of thiophene rings is 1. The highest BCUT2D eigenvalue weighted by Gasteiger charge is 2.04. The van der Waals surface area contributed by atoms with Crippen LogP contribution in [-0.4, -0.2) is 12.2 Å². The molecule has 0 aliphatic rings. The van der Waals surface area contributed by atoms with Crippen molar-refractivity contribution < 1.29 is 9.84 Å². The molecule has 2 rings (SSSR count). The van der Waals surface area contributed by atoms with Crippen LogP contribution in [0.4, 0.5) is 5.69 Å². The number of ether oxygens (including phenoxy) is 1. The molecule has 0 spiro atoms. The maximum absolute atomic E-state index is 9.26. The summed E-state index contributed by atoms with van der Waals surface area (Å²) in [6, 6.07) is 7.87. The molecule has 2 N–H and O–H groups in total. The maximum atomic E-state index is 9.26. The molecule has 0 amide bonds. The Labute approximate surface area is 111 Å². The molecule has 0 saturated carbocycles. The van der Waals surface area contributed by atoms with E-state index in [0.29, 0.717) is 0 Å². The second-order valence-corrected chi connectivity index (χ2v) is 5.07. The Morgan fingerprint density at radius 3 is 2.78 bits per heavy atom. The predicted octanol–water partition coefficient (Wildman–Crippen LogP) is 3.17. The third-order valence-corrected chi connectivity index (χ3v) is 3.89. The van der Waals surface area contributed by atoms with E-state index in [4.69, 9.17) is 4.74 Å². The van der Waals surface area contributed by atoms with Crippen molar-refractivity contribution in [2.45, 2.75) is 20.1 Å². The lowest BCUT2D eigenvalue weighted by molar-refractivity contribution is 0.274. The summed E-state index contributed by atoms with van der Waals surface area (Å²) in [6.07, 6.45) is 0. The highest BCUT2D eigenvalue weighted by molar-refractivity contribution is 7.10. The molecule has 18 heavy (non-hydrogen) atoms. The quantitative estimate of drug-likeness (QED) is 0.870. The number of aryl methyl sites for hydroxylation is 1. The molecule has 0 fully saturated rings. The Kier molecular flexibility index (Phi) is 4.23. The number of methoxy groups -OCH3 is 1. The van der Waals surface area contributed by atoms with Crippen molar-refractivity contribution in [1.29, 1.82) is 0 Å². The van der Waals surface area contributed by atoms with Gasteiger partial charge in [0.15, 0.2) is 0 Å². The zero-order valence-corrected chi connectivity index (χ0v) is 11.4. The zero-order valence-electron chi connectivity index (χ0n) is 10.6. The molecular weight excluding hydrogens is 246 g/mol. The molecule has 0 atom stereocenters. The van der Waals surface area contributed by atoms with Gasteiger partial charge in [0, 0.05) is 22.7 Å². The smallest absolute Gasteiger partial charge is 0.124 e. The van der Waals surface area contributed by atoms with Crippen molar-refractivity contribution in [3.8, 4) is 5.75 Å².